The summed E-state index contributed by atoms with van der Waals surface area (Å²) in [6, 6.07) is 20.1. The van der Waals surface area contributed by atoms with E-state index in [1.165, 1.54) is 56.3 Å². The summed E-state index contributed by atoms with van der Waals surface area (Å²) in [4.78, 5) is 62.6. The number of anilines is 1. The molecule has 72 heavy (non-hydrogen) atoms. The molecule has 0 spiro atoms. The van der Waals surface area contributed by atoms with Gasteiger partial charge < -0.3 is 50.6 Å². The SMILES string of the molecule is C[C@@H](O)C(OC[C@@H](COC(=O)Nc1cc2ccccc2cn1)N(C)C(=O)NCc1cccc(F)c1Cl)(OC[C@@H](CC(C)(C)CO)N(C)C(=O)NCc1cccc(F)c1Cl)C1=Cc2ccccc2CN1C(N)=O. The van der Waals surface area contributed by atoms with Crippen LogP contribution in [0.25, 0.3) is 16.8 Å². The van der Waals surface area contributed by atoms with Gasteiger partial charge in [-0.05, 0) is 70.7 Å². The molecule has 0 aliphatic carbocycles. The third-order valence-corrected chi connectivity index (χ3v) is 13.1. The molecule has 0 radical (unpaired) electrons. The van der Waals surface area contributed by atoms with E-state index in [9.17, 15) is 38.2 Å². The van der Waals surface area contributed by atoms with Crippen molar-refractivity contribution in [1.29, 1.82) is 0 Å². The Bertz CT molecular complexity index is 2790. The van der Waals surface area contributed by atoms with Crippen molar-refractivity contribution in [3.05, 3.63) is 147 Å². The first-order valence-electron chi connectivity index (χ1n) is 22.8. The molecule has 4 aromatic carbocycles. The lowest BCUT2D eigenvalue weighted by Gasteiger charge is -2.45. The van der Waals surface area contributed by atoms with Crippen molar-refractivity contribution < 1.29 is 52.4 Å². The Morgan fingerprint density at radius 2 is 1.38 bits per heavy atom. The number of pyridine rings is 1. The Balaban J connectivity index is 1.35. The third kappa shape index (κ3) is 13.5. The van der Waals surface area contributed by atoms with Gasteiger partial charge in [0.15, 0.2) is 0 Å². The predicted octanol–water partition coefficient (Wildman–Crippen LogP) is 8.24. The van der Waals surface area contributed by atoms with Crippen LogP contribution in [0.5, 0.6) is 0 Å². The molecule has 0 saturated heterocycles. The zero-order valence-electron chi connectivity index (χ0n) is 40.3. The number of ether oxygens (including phenoxy) is 3. The lowest BCUT2D eigenvalue weighted by molar-refractivity contribution is -0.272. The van der Waals surface area contributed by atoms with E-state index in [4.69, 9.17) is 43.1 Å². The summed E-state index contributed by atoms with van der Waals surface area (Å²) in [5, 5.41) is 31.8. The zero-order valence-corrected chi connectivity index (χ0v) is 41.8. The number of nitrogens with one attached hydrogen (secondary N) is 3. The maximum absolute atomic E-state index is 14.4. The standard InChI is InChI=1S/C51H58Cl2F2N8O9/c1-31(65)51(42-20-32-12-7-9-15-37(32)26-63(42)46(56)66,71-28-38(22-50(2,3)30-64)61(4)47(67)58-24-35-16-10-18-40(54)44(35)52)72-29-39(62(5)48(68)59-25-36-17-11-19-41(55)45(36)53)27-70-49(69)60-43-21-33-13-6-8-14-34(33)23-57-43/h6-21,23,31,38-39,64-65H,22,24-30H2,1-5H3,(H2,56,66)(H,58,67)(H,59,68)(H,57,60,69)/t31-,38-,39-,51?/m1/s1. The number of aromatic nitrogens is 1. The minimum Gasteiger partial charge on any atom is -0.447 e. The molecule has 0 bridgehead atoms. The van der Waals surface area contributed by atoms with Gasteiger partial charge in [0.25, 0.3) is 0 Å². The highest BCUT2D eigenvalue weighted by Crippen LogP contribution is 2.38. The smallest absolute Gasteiger partial charge is 0.412 e. The number of fused-ring (bicyclic) bond motifs is 2. The number of halogens is 4. The van der Waals surface area contributed by atoms with Gasteiger partial charge in [0.1, 0.15) is 30.2 Å². The highest BCUT2D eigenvalue weighted by Gasteiger charge is 2.49. The van der Waals surface area contributed by atoms with Crippen molar-refractivity contribution in [2.45, 2.75) is 70.8 Å². The molecule has 1 aromatic heterocycles. The van der Waals surface area contributed by atoms with Crippen molar-refractivity contribution in [2.75, 3.05) is 45.8 Å². The van der Waals surface area contributed by atoms with Gasteiger partial charge in [0.2, 0.25) is 5.79 Å². The van der Waals surface area contributed by atoms with Gasteiger partial charge in [-0.2, -0.15) is 0 Å². The number of carbonyl (C=O) groups excluding carboxylic acids is 4. The second-order valence-electron chi connectivity index (χ2n) is 18.1. The third-order valence-electron chi connectivity index (χ3n) is 12.3. The first kappa shape index (κ1) is 54.7. The maximum atomic E-state index is 14.4. The number of aliphatic hydroxyl groups is 2. The Kier molecular flexibility index (Phi) is 18.4. The van der Waals surface area contributed by atoms with Gasteiger partial charge in [0.05, 0.1) is 47.6 Å². The Labute approximate surface area is 425 Å². The van der Waals surface area contributed by atoms with E-state index in [0.29, 0.717) is 16.7 Å². The topological polar surface area (TPSA) is 221 Å². The van der Waals surface area contributed by atoms with Gasteiger partial charge in [-0.15, -0.1) is 0 Å². The van der Waals surface area contributed by atoms with Crippen LogP contribution in [-0.2, 0) is 33.8 Å². The molecule has 4 atom stereocenters. The molecule has 0 saturated carbocycles. The zero-order chi connectivity index (χ0) is 52.3. The number of urea groups is 3. The summed E-state index contributed by atoms with van der Waals surface area (Å²) < 4.78 is 47.8. The highest BCUT2D eigenvalue weighted by atomic mass is 35.5. The predicted molar refractivity (Wildman–Crippen MR) is 268 cm³/mol. The largest absolute Gasteiger partial charge is 0.447 e. The van der Waals surface area contributed by atoms with E-state index in [2.05, 4.69) is 20.9 Å². The van der Waals surface area contributed by atoms with Crippen LogP contribution >= 0.6 is 23.2 Å². The lowest BCUT2D eigenvalue weighted by Crippen LogP contribution is -2.58. The molecule has 1 unspecified atom stereocenters. The normalized spacial score (nSPS) is 14.5. The molecule has 5 aromatic rings. The number of nitrogens with zero attached hydrogens (tertiary/aromatic N) is 4. The second kappa shape index (κ2) is 24.2. The molecular weight excluding hydrogens is 978 g/mol. The number of likely N-dealkylation sites (N-methyl/N-ethyl adjacent to an activating group) is 2. The van der Waals surface area contributed by atoms with E-state index in [0.717, 1.165) is 20.6 Å². The molecule has 7 N–H and O–H groups in total. The molecule has 1 aliphatic heterocycles. The van der Waals surface area contributed by atoms with E-state index < -0.39 is 85.0 Å². The number of hydrogen-bond donors (Lipinski definition) is 6. The average molecular weight is 1040 g/mol. The number of nitrogens with two attached hydrogens (primary N) is 1. The van der Waals surface area contributed by atoms with Crippen LogP contribution in [0.2, 0.25) is 10.0 Å². The maximum Gasteiger partial charge on any atom is 0.412 e. The Morgan fingerprint density at radius 1 is 0.819 bits per heavy atom. The van der Waals surface area contributed by atoms with E-state index in [1.807, 2.05) is 24.3 Å². The summed E-state index contributed by atoms with van der Waals surface area (Å²) in [6.07, 6.45) is 0.659. The molecule has 0 fully saturated rings. The number of rotatable bonds is 20. The van der Waals surface area contributed by atoms with Crippen LogP contribution in [0.4, 0.5) is 33.8 Å². The molecule has 6 rings (SSSR count). The summed E-state index contributed by atoms with van der Waals surface area (Å²) in [5.74, 6) is -3.52. The molecule has 7 amide bonds. The van der Waals surface area contributed by atoms with Crippen LogP contribution in [0.3, 0.4) is 0 Å². The molecular formula is C51H58Cl2F2N8O9. The second-order valence-corrected chi connectivity index (χ2v) is 18.8. The van der Waals surface area contributed by atoms with Crippen molar-refractivity contribution in [1.82, 2.24) is 30.3 Å². The van der Waals surface area contributed by atoms with Crippen LogP contribution in [0.1, 0.15) is 49.4 Å². The van der Waals surface area contributed by atoms with E-state index in [1.54, 1.807) is 62.5 Å². The number of primary amides is 1. The average Bonchev–Trinajstić information content (AvgIpc) is 3.36. The summed E-state index contributed by atoms with van der Waals surface area (Å²) in [6.45, 7) is 2.63. The number of aliphatic hydroxyl groups excluding tert-OH is 2. The van der Waals surface area contributed by atoms with Crippen molar-refractivity contribution in [2.24, 2.45) is 11.1 Å². The Morgan fingerprint density at radius 3 is 1.96 bits per heavy atom. The molecule has 21 heteroatoms. The molecule has 2 heterocycles. The number of benzene rings is 4. The minimum absolute atomic E-state index is 0.0515. The first-order valence-corrected chi connectivity index (χ1v) is 23.6. The lowest BCUT2D eigenvalue weighted by atomic mass is 9.86. The Hall–Kier alpha value is -6.61. The number of amides is 7. The minimum atomic E-state index is -2.35. The van der Waals surface area contributed by atoms with Crippen LogP contribution < -0.4 is 21.7 Å². The summed E-state index contributed by atoms with van der Waals surface area (Å²) in [7, 11) is 2.87. The quantitative estimate of drug-likeness (QED) is 0.0410. The fourth-order valence-corrected chi connectivity index (χ4v) is 8.29. The van der Waals surface area contributed by atoms with Crippen LogP contribution in [-0.4, -0.2) is 119 Å². The fraction of sp³-hybridized carbons (Fsp3) is 0.353. The molecule has 17 nitrogen and oxygen atoms in total. The van der Waals surface area contributed by atoms with E-state index in [-0.39, 0.29) is 59.8 Å². The first-order chi connectivity index (χ1) is 34.2. The van der Waals surface area contributed by atoms with Gasteiger partial charge in [-0.25, -0.2) is 32.9 Å². The van der Waals surface area contributed by atoms with Gasteiger partial charge in [0, 0.05) is 45.4 Å². The van der Waals surface area contributed by atoms with Gasteiger partial charge in [-0.1, -0.05) is 110 Å². The summed E-state index contributed by atoms with van der Waals surface area (Å²) in [5.41, 5.74) is 7.09. The van der Waals surface area contributed by atoms with Gasteiger partial charge in [-0.3, -0.25) is 10.2 Å². The summed E-state index contributed by atoms with van der Waals surface area (Å²) >= 11 is 12.4. The van der Waals surface area contributed by atoms with Gasteiger partial charge >= 0.3 is 24.2 Å². The fourth-order valence-electron chi connectivity index (χ4n) is 7.91. The number of hydrogen-bond acceptors (Lipinski definition) is 10. The van der Waals surface area contributed by atoms with Crippen molar-refractivity contribution in [3.63, 3.8) is 0 Å². The number of carbonyl (C=O) groups is 4. The van der Waals surface area contributed by atoms with Crippen LogP contribution in [0.15, 0.2) is 103 Å². The van der Waals surface area contributed by atoms with Crippen LogP contribution in [0, 0.1) is 17.0 Å². The molecule has 384 valence electrons. The highest BCUT2D eigenvalue weighted by molar-refractivity contribution is 6.31. The van der Waals surface area contributed by atoms with Crippen molar-refractivity contribution in [3.8, 4) is 0 Å². The monoisotopic (exact) mass is 1030 g/mol. The molecule has 1 aliphatic rings. The van der Waals surface area contributed by atoms with E-state index >= 15 is 0 Å². The van der Waals surface area contributed by atoms with Crippen molar-refractivity contribution >= 4 is 70.1 Å².